The third kappa shape index (κ3) is 1.69. The van der Waals surface area contributed by atoms with E-state index >= 15 is 0 Å². The highest BCUT2D eigenvalue weighted by molar-refractivity contribution is 5.86. The van der Waals surface area contributed by atoms with Crippen LogP contribution in [0.3, 0.4) is 0 Å². The Hall–Kier alpha value is -1.77. The van der Waals surface area contributed by atoms with Crippen LogP contribution in [0.15, 0.2) is 24.3 Å². The van der Waals surface area contributed by atoms with E-state index in [2.05, 4.69) is 48.0 Å². The SMILES string of the molecule is C[C@H]1CC[C@@]2(C)c3[nH]c4ccccc4c3CCCN2C1=O. The molecule has 3 heterocycles. The van der Waals surface area contributed by atoms with E-state index in [1.807, 2.05) is 0 Å². The number of aromatic nitrogens is 1. The van der Waals surface area contributed by atoms with Crippen LogP contribution in [-0.2, 0) is 16.8 Å². The van der Waals surface area contributed by atoms with Gasteiger partial charge in [-0.1, -0.05) is 25.1 Å². The molecule has 0 radical (unpaired) electrons. The van der Waals surface area contributed by atoms with E-state index in [1.54, 1.807) is 0 Å². The number of benzene rings is 1. The van der Waals surface area contributed by atoms with Crippen LogP contribution in [-0.4, -0.2) is 22.3 Å². The van der Waals surface area contributed by atoms with Crippen molar-refractivity contribution >= 4 is 16.8 Å². The zero-order chi connectivity index (χ0) is 14.6. The van der Waals surface area contributed by atoms with Crippen molar-refractivity contribution in [2.24, 2.45) is 5.92 Å². The van der Waals surface area contributed by atoms with Gasteiger partial charge in [-0.05, 0) is 44.2 Å². The number of hydrogen-bond acceptors (Lipinski definition) is 1. The molecule has 2 atom stereocenters. The summed E-state index contributed by atoms with van der Waals surface area (Å²) < 4.78 is 0. The largest absolute Gasteiger partial charge is 0.356 e. The fourth-order valence-electron chi connectivity index (χ4n) is 4.22. The molecular weight excluding hydrogens is 260 g/mol. The number of amides is 1. The third-order valence-electron chi connectivity index (χ3n) is 5.51. The maximum atomic E-state index is 12.7. The highest BCUT2D eigenvalue weighted by Gasteiger charge is 2.45. The second-order valence-electron chi connectivity index (χ2n) is 6.83. The average molecular weight is 282 g/mol. The summed E-state index contributed by atoms with van der Waals surface area (Å²) in [6.45, 7) is 5.20. The molecule has 3 nitrogen and oxygen atoms in total. The first-order valence-electron chi connectivity index (χ1n) is 8.03. The Morgan fingerprint density at radius 2 is 2.14 bits per heavy atom. The summed E-state index contributed by atoms with van der Waals surface area (Å²) in [6.07, 6.45) is 4.16. The lowest BCUT2D eigenvalue weighted by atomic mass is 9.80. The molecule has 4 rings (SSSR count). The van der Waals surface area contributed by atoms with Crippen LogP contribution in [0.4, 0.5) is 0 Å². The second-order valence-corrected chi connectivity index (χ2v) is 6.83. The van der Waals surface area contributed by atoms with Gasteiger partial charge in [-0.15, -0.1) is 0 Å². The molecule has 2 aliphatic rings. The van der Waals surface area contributed by atoms with Gasteiger partial charge in [0.15, 0.2) is 0 Å². The van der Waals surface area contributed by atoms with E-state index in [-0.39, 0.29) is 11.5 Å². The van der Waals surface area contributed by atoms with E-state index in [0.717, 1.165) is 32.2 Å². The lowest BCUT2D eigenvalue weighted by Crippen LogP contribution is -2.53. The number of nitrogens with one attached hydrogen (secondary N) is 1. The Balaban J connectivity index is 1.93. The van der Waals surface area contributed by atoms with E-state index in [9.17, 15) is 4.79 Å². The van der Waals surface area contributed by atoms with Gasteiger partial charge >= 0.3 is 0 Å². The molecule has 0 saturated carbocycles. The number of piperidine rings is 1. The molecule has 1 N–H and O–H groups in total. The molecule has 0 aliphatic carbocycles. The maximum Gasteiger partial charge on any atom is 0.226 e. The first-order valence-corrected chi connectivity index (χ1v) is 8.03. The fourth-order valence-corrected chi connectivity index (χ4v) is 4.22. The van der Waals surface area contributed by atoms with Gasteiger partial charge in [-0.2, -0.15) is 0 Å². The van der Waals surface area contributed by atoms with Gasteiger partial charge in [0.05, 0.1) is 5.54 Å². The molecule has 110 valence electrons. The van der Waals surface area contributed by atoms with E-state index < -0.39 is 0 Å². The standard InChI is InChI=1S/C18H22N2O/c1-12-9-10-18(2)16-14(7-5-11-20(18)17(12)21)13-6-3-4-8-15(13)19-16/h3-4,6,8,12,19H,5,7,9-11H2,1-2H3/t12-,18-/m0/s1. The number of aromatic amines is 1. The monoisotopic (exact) mass is 282 g/mol. The van der Waals surface area contributed by atoms with Crippen LogP contribution in [0.2, 0.25) is 0 Å². The number of nitrogens with zero attached hydrogens (tertiary/aromatic N) is 1. The summed E-state index contributed by atoms with van der Waals surface area (Å²) in [4.78, 5) is 18.4. The number of fused-ring (bicyclic) bond motifs is 5. The third-order valence-corrected chi connectivity index (χ3v) is 5.51. The lowest BCUT2D eigenvalue weighted by Gasteiger charge is -2.46. The predicted molar refractivity (Wildman–Crippen MR) is 84.1 cm³/mol. The zero-order valence-corrected chi connectivity index (χ0v) is 12.8. The van der Waals surface area contributed by atoms with Crippen LogP contribution in [0, 0.1) is 5.92 Å². The van der Waals surface area contributed by atoms with Crippen molar-refractivity contribution in [3.8, 4) is 0 Å². The predicted octanol–water partition coefficient (Wildman–Crippen LogP) is 3.59. The molecular formula is C18H22N2O. The van der Waals surface area contributed by atoms with Crippen molar-refractivity contribution in [3.63, 3.8) is 0 Å². The highest BCUT2D eigenvalue weighted by Crippen LogP contribution is 2.44. The van der Waals surface area contributed by atoms with Gasteiger partial charge in [0, 0.05) is 29.1 Å². The number of hydrogen-bond donors (Lipinski definition) is 1. The van der Waals surface area contributed by atoms with Gasteiger partial charge < -0.3 is 9.88 Å². The van der Waals surface area contributed by atoms with Crippen LogP contribution >= 0.6 is 0 Å². The van der Waals surface area contributed by atoms with Crippen LogP contribution in [0.1, 0.15) is 44.4 Å². The minimum absolute atomic E-state index is 0.158. The Bertz CT molecular complexity index is 717. The molecule has 0 spiro atoms. The number of H-pyrrole nitrogens is 1. The highest BCUT2D eigenvalue weighted by atomic mass is 16.2. The van der Waals surface area contributed by atoms with Gasteiger partial charge in [0.25, 0.3) is 0 Å². The number of carbonyl (C=O) groups is 1. The van der Waals surface area contributed by atoms with Gasteiger partial charge in [-0.3, -0.25) is 4.79 Å². The summed E-state index contributed by atoms with van der Waals surface area (Å²) in [5.41, 5.74) is 3.75. The lowest BCUT2D eigenvalue weighted by molar-refractivity contribution is -0.147. The number of para-hydroxylation sites is 1. The average Bonchev–Trinajstić information content (AvgIpc) is 2.79. The summed E-state index contributed by atoms with van der Waals surface area (Å²) in [6, 6.07) is 8.53. The van der Waals surface area contributed by atoms with Crippen LogP contribution in [0.5, 0.6) is 0 Å². The van der Waals surface area contributed by atoms with Crippen molar-refractivity contribution in [3.05, 3.63) is 35.5 Å². The first kappa shape index (κ1) is 12.9. The van der Waals surface area contributed by atoms with Gasteiger partial charge in [0.2, 0.25) is 5.91 Å². The topological polar surface area (TPSA) is 36.1 Å². The number of aryl methyl sites for hydroxylation is 1. The molecule has 1 saturated heterocycles. The summed E-state index contributed by atoms with van der Waals surface area (Å²) in [5, 5.41) is 1.33. The molecule has 2 aromatic rings. The molecule has 0 unspecified atom stereocenters. The van der Waals surface area contributed by atoms with Crippen molar-refractivity contribution in [2.75, 3.05) is 6.54 Å². The quantitative estimate of drug-likeness (QED) is 0.787. The van der Waals surface area contributed by atoms with Gasteiger partial charge in [0.1, 0.15) is 0 Å². The summed E-state index contributed by atoms with van der Waals surface area (Å²) in [5.74, 6) is 0.499. The molecule has 1 aromatic carbocycles. The molecule has 1 fully saturated rings. The van der Waals surface area contributed by atoms with Crippen molar-refractivity contribution in [2.45, 2.75) is 45.1 Å². The van der Waals surface area contributed by atoms with Crippen molar-refractivity contribution in [1.82, 2.24) is 9.88 Å². The molecule has 21 heavy (non-hydrogen) atoms. The molecule has 1 aromatic heterocycles. The maximum absolute atomic E-state index is 12.7. The fraction of sp³-hybridized carbons (Fsp3) is 0.500. The smallest absolute Gasteiger partial charge is 0.226 e. The number of carbonyl (C=O) groups excluding carboxylic acids is 1. The zero-order valence-electron chi connectivity index (χ0n) is 12.8. The molecule has 0 bridgehead atoms. The Labute approximate surface area is 125 Å². The van der Waals surface area contributed by atoms with E-state index in [1.165, 1.54) is 22.2 Å². The Morgan fingerprint density at radius 3 is 3.00 bits per heavy atom. The molecule has 1 amide bonds. The van der Waals surface area contributed by atoms with Gasteiger partial charge in [-0.25, -0.2) is 0 Å². The molecule has 3 heteroatoms. The minimum Gasteiger partial charge on any atom is -0.356 e. The van der Waals surface area contributed by atoms with Crippen LogP contribution in [0.25, 0.3) is 10.9 Å². The summed E-state index contributed by atoms with van der Waals surface area (Å²) >= 11 is 0. The Morgan fingerprint density at radius 1 is 1.33 bits per heavy atom. The van der Waals surface area contributed by atoms with E-state index in [0.29, 0.717) is 5.91 Å². The van der Waals surface area contributed by atoms with Crippen LogP contribution < -0.4 is 0 Å². The first-order chi connectivity index (χ1) is 10.1. The second kappa shape index (κ2) is 4.36. The van der Waals surface area contributed by atoms with Crippen molar-refractivity contribution < 1.29 is 4.79 Å². The summed E-state index contributed by atoms with van der Waals surface area (Å²) in [7, 11) is 0. The van der Waals surface area contributed by atoms with Crippen molar-refractivity contribution in [1.29, 1.82) is 0 Å². The Kier molecular flexibility index (Phi) is 2.69. The molecule has 2 aliphatic heterocycles. The minimum atomic E-state index is -0.158. The van der Waals surface area contributed by atoms with E-state index in [4.69, 9.17) is 0 Å². The number of rotatable bonds is 0. The normalized spacial score (nSPS) is 29.1.